The first-order chi connectivity index (χ1) is 61.3. The molecule has 0 saturated carbocycles. The van der Waals surface area contributed by atoms with Crippen LogP contribution in [0.15, 0.2) is 291 Å². The van der Waals surface area contributed by atoms with Gasteiger partial charge in [-0.25, -0.2) is 0 Å². The maximum absolute atomic E-state index is 2.53. The summed E-state index contributed by atoms with van der Waals surface area (Å²) in [6.45, 7) is 26.2. The molecule has 0 fully saturated rings. The standard InChI is InChI=1S/C40H32N2.C39H30N2S.C38H28N2SSe/c1-23-5-11-29(12-6-23)41-37-21-34-36-20-28-18-26(4)10-16-32(28)40(36)42(30-13-7-24(2)8-14-30)38(34)22-33(37)35-19-27-17-25(3)9-15-31(27)39(35)41;1-22-5-11-27(12-6-22)40-34-17-24(3)9-15-29(34)32-19-26-20-33-36(21-31(26)37(32)40)42-39-30-16-10-25(4)18-35(30)41(38(33)39)28-13-7-23(2)8-14-28;1-21-5-11-25(12-6-21)39-31-17-23(3)9-15-27(31)37-35(39)29-20-34-30(19-33(29)41-37)36-38(42-34)28-16-10-24(4)18-32(28)40(36)26-13-7-22(2)8-14-26/h5-18,21-22H,19-20H2,1-4H3;5-18,20-21H,19H2,1-4H3;5-20H,1-4H3. The predicted molar refractivity (Wildman–Crippen MR) is 540 cm³/mol. The molecule has 0 atom stereocenters. The van der Waals surface area contributed by atoms with E-state index in [1.807, 2.05) is 22.7 Å². The number of thiophene rings is 2. The number of hydrogen-bond donors (Lipinski definition) is 0. The van der Waals surface area contributed by atoms with E-state index in [2.05, 4.69) is 402 Å². The van der Waals surface area contributed by atoms with Crippen molar-refractivity contribution in [3.05, 3.63) is 391 Å². The van der Waals surface area contributed by atoms with Gasteiger partial charge in [-0.2, -0.15) is 0 Å². The van der Waals surface area contributed by atoms with Crippen LogP contribution in [0.2, 0.25) is 0 Å². The maximum atomic E-state index is 2.53. The van der Waals surface area contributed by atoms with Gasteiger partial charge in [-0.3, -0.25) is 0 Å². The summed E-state index contributed by atoms with van der Waals surface area (Å²) in [6, 6.07) is 111. The summed E-state index contributed by atoms with van der Waals surface area (Å²) >= 11 is 4.12. The fourth-order valence-corrected chi connectivity index (χ4v) is 26.5. The fourth-order valence-electron chi connectivity index (χ4n) is 21.4. The average Bonchev–Trinajstić information content (AvgIpc) is 1.54. The molecule has 9 aromatic heterocycles. The van der Waals surface area contributed by atoms with Crippen LogP contribution in [0, 0.1) is 83.1 Å². The molecule has 6 nitrogen and oxygen atoms in total. The molecule has 0 radical (unpaired) electrons. The zero-order valence-electron chi connectivity index (χ0n) is 72.7. The van der Waals surface area contributed by atoms with E-state index in [1.165, 1.54) is 293 Å². The summed E-state index contributed by atoms with van der Waals surface area (Å²) in [5.74, 6) is 0. The van der Waals surface area contributed by atoms with Gasteiger partial charge in [0, 0.05) is 90.3 Å². The Morgan fingerprint density at radius 1 is 0.214 bits per heavy atom. The van der Waals surface area contributed by atoms with Crippen LogP contribution in [0.25, 0.3) is 193 Å². The van der Waals surface area contributed by atoms with Crippen LogP contribution in [0.4, 0.5) is 0 Å². The molecule has 606 valence electrons. The molecule has 0 bridgehead atoms. The van der Waals surface area contributed by atoms with E-state index in [-0.39, 0.29) is 14.5 Å². The number of rotatable bonds is 6. The van der Waals surface area contributed by atoms with E-state index < -0.39 is 0 Å². The van der Waals surface area contributed by atoms with Gasteiger partial charge in [-0.1, -0.05) is 143 Å². The summed E-state index contributed by atoms with van der Waals surface area (Å²) in [5, 5.41) is 12.3. The monoisotopic (exact) mass is 1720 g/mol. The number of hydrogen-bond acceptors (Lipinski definition) is 2. The topological polar surface area (TPSA) is 29.6 Å². The zero-order valence-corrected chi connectivity index (χ0v) is 76.1. The van der Waals surface area contributed by atoms with Crippen LogP contribution in [0.1, 0.15) is 100 Å². The molecule has 0 saturated heterocycles. The first-order valence-corrected chi connectivity index (χ1v) is 47.5. The molecule has 0 aliphatic heterocycles. The van der Waals surface area contributed by atoms with E-state index in [0.717, 1.165) is 19.3 Å². The summed E-state index contributed by atoms with van der Waals surface area (Å²) in [5.41, 5.74) is 51.6. The first kappa shape index (κ1) is 75.1. The van der Waals surface area contributed by atoms with Crippen LogP contribution < -0.4 is 0 Å². The Balaban J connectivity index is 0.000000103. The van der Waals surface area contributed by atoms with Gasteiger partial charge in [0.1, 0.15) is 0 Å². The summed E-state index contributed by atoms with van der Waals surface area (Å²) < 4.78 is 23.6. The van der Waals surface area contributed by atoms with Crippen LogP contribution in [0.3, 0.4) is 0 Å². The van der Waals surface area contributed by atoms with Crippen LogP contribution in [-0.4, -0.2) is 41.9 Å². The van der Waals surface area contributed by atoms with Crippen molar-refractivity contribution in [3.8, 4) is 67.9 Å². The molecule has 3 aliphatic rings. The second-order valence-electron chi connectivity index (χ2n) is 36.5. The van der Waals surface area contributed by atoms with Crippen molar-refractivity contribution in [2.45, 2.75) is 102 Å². The van der Waals surface area contributed by atoms with Crippen LogP contribution >= 0.6 is 22.7 Å². The van der Waals surface area contributed by atoms with Crippen molar-refractivity contribution in [2.24, 2.45) is 0 Å². The molecular weight excluding hydrogens is 1630 g/mol. The normalized spacial score (nSPS) is 12.7. The van der Waals surface area contributed by atoms with Gasteiger partial charge in [-0.05, 0) is 185 Å². The second kappa shape index (κ2) is 28.0. The van der Waals surface area contributed by atoms with E-state index >= 15 is 0 Å². The molecule has 0 spiro atoms. The minimum absolute atomic E-state index is 0.230. The summed E-state index contributed by atoms with van der Waals surface area (Å²) in [7, 11) is 0. The Bertz CT molecular complexity index is 8470. The molecule has 0 amide bonds. The molecule has 9 heterocycles. The minimum atomic E-state index is 0.230. The molecule has 0 N–H and O–H groups in total. The quantitative estimate of drug-likeness (QED) is 0.149. The SMILES string of the molecule is Cc1ccc(-n2c3c(c4cc5c(cc42)c2c(n5-c4ccc(C)cc4)-c4ccc(C)cc4C2)Cc2cc(C)ccc2-3)cc1.Cc1ccc(-n2c3c(c4ccc(C)cc42)Cc2cc4c(cc2-3)sc2c3ccc(C)cc3n(-c3ccc(C)cc3)c42)cc1.Cc1ccc(-n2c3cc(C)ccc3c3sc4cc5c(cc4c32)[se]c2c3ccc(C)cc3n(-c3ccc(C)cc3)c52)cc1. The fraction of sp³-hybridized carbons (Fsp3) is 0.128. The molecule has 24 aromatic rings. The van der Waals surface area contributed by atoms with E-state index in [0.29, 0.717) is 0 Å². The third-order valence-corrected chi connectivity index (χ3v) is 32.4. The number of fused-ring (bicyclic) bond motifs is 30. The third kappa shape index (κ3) is 11.4. The molecule has 15 aromatic carbocycles. The Hall–Kier alpha value is -13.5. The van der Waals surface area contributed by atoms with Crippen LogP contribution in [-0.2, 0) is 19.3 Å². The van der Waals surface area contributed by atoms with Gasteiger partial charge in [-0.15, -0.1) is 11.3 Å². The van der Waals surface area contributed by atoms with Crippen molar-refractivity contribution < 1.29 is 0 Å². The second-order valence-corrected chi connectivity index (χ2v) is 40.8. The molecule has 0 unspecified atom stereocenters. The number of benzene rings is 15. The van der Waals surface area contributed by atoms with Crippen molar-refractivity contribution >= 4 is 163 Å². The van der Waals surface area contributed by atoms with E-state index in [9.17, 15) is 0 Å². The van der Waals surface area contributed by atoms with Gasteiger partial charge in [0.15, 0.2) is 0 Å². The van der Waals surface area contributed by atoms with Crippen molar-refractivity contribution in [1.82, 2.24) is 27.4 Å². The van der Waals surface area contributed by atoms with Crippen molar-refractivity contribution in [1.29, 1.82) is 0 Å². The average molecular weight is 1720 g/mol. The Morgan fingerprint density at radius 3 is 0.921 bits per heavy atom. The van der Waals surface area contributed by atoms with Gasteiger partial charge >= 0.3 is 255 Å². The first-order valence-electron chi connectivity index (χ1n) is 44.2. The van der Waals surface area contributed by atoms with Crippen molar-refractivity contribution in [3.63, 3.8) is 0 Å². The van der Waals surface area contributed by atoms with Gasteiger partial charge in [0.2, 0.25) is 0 Å². The van der Waals surface area contributed by atoms with Gasteiger partial charge < -0.3 is 18.3 Å². The van der Waals surface area contributed by atoms with E-state index in [1.54, 1.807) is 0 Å². The molecule has 27 rings (SSSR count). The molecular formula is C117H90N6S2Se. The van der Waals surface area contributed by atoms with Gasteiger partial charge in [0.25, 0.3) is 0 Å². The Labute approximate surface area is 745 Å². The van der Waals surface area contributed by atoms with Crippen LogP contribution in [0.5, 0.6) is 0 Å². The third-order valence-electron chi connectivity index (χ3n) is 27.6. The number of aryl methyl sites for hydroxylation is 12. The molecule has 126 heavy (non-hydrogen) atoms. The summed E-state index contributed by atoms with van der Waals surface area (Å²) in [4.78, 5) is 0. The Morgan fingerprint density at radius 2 is 0.508 bits per heavy atom. The number of aromatic nitrogens is 6. The summed E-state index contributed by atoms with van der Waals surface area (Å²) in [6.07, 6.45) is 2.90. The molecule has 3 aliphatic carbocycles. The van der Waals surface area contributed by atoms with Crippen molar-refractivity contribution in [2.75, 3.05) is 0 Å². The number of nitrogens with zero attached hydrogens (tertiary/aromatic N) is 6. The predicted octanol–water partition coefficient (Wildman–Crippen LogP) is 31.2. The molecule has 9 heteroatoms. The zero-order chi connectivity index (χ0) is 84.8. The van der Waals surface area contributed by atoms with Gasteiger partial charge in [0.05, 0.1) is 49.4 Å². The Kier molecular flexibility index (Phi) is 16.7. The van der Waals surface area contributed by atoms with E-state index in [4.69, 9.17) is 0 Å².